The van der Waals surface area contributed by atoms with Gasteiger partial charge in [-0.2, -0.15) is 0 Å². The second kappa shape index (κ2) is 5.22. The maximum absolute atomic E-state index is 11.4. The zero-order valence-electron chi connectivity index (χ0n) is 11.0. The first-order valence-corrected chi connectivity index (χ1v) is 7.38. The van der Waals surface area contributed by atoms with E-state index >= 15 is 0 Å². The summed E-state index contributed by atoms with van der Waals surface area (Å²) < 4.78 is 0. The number of hydrogen-bond donors (Lipinski definition) is 1. The molecule has 0 aromatic heterocycles. The van der Waals surface area contributed by atoms with Crippen LogP contribution in [0.3, 0.4) is 0 Å². The molecule has 1 N–H and O–H groups in total. The van der Waals surface area contributed by atoms with Crippen LogP contribution in [0.25, 0.3) is 0 Å². The fourth-order valence-electron chi connectivity index (χ4n) is 2.33. The molecule has 1 aliphatic carbocycles. The molecule has 2 unspecified atom stereocenters. The minimum Gasteiger partial charge on any atom is -0.478 e. The summed E-state index contributed by atoms with van der Waals surface area (Å²) in [6, 6.07) is 5.70. The van der Waals surface area contributed by atoms with E-state index in [9.17, 15) is 9.90 Å². The summed E-state index contributed by atoms with van der Waals surface area (Å²) in [7, 11) is 1.98. The lowest BCUT2D eigenvalue weighted by molar-refractivity contribution is 0.0694. The Labute approximate surface area is 112 Å². The maximum atomic E-state index is 11.4. The summed E-state index contributed by atoms with van der Waals surface area (Å²) in [4.78, 5) is 14.3. The molecule has 0 aliphatic heterocycles. The second-order valence-corrected chi connectivity index (χ2v) is 5.86. The van der Waals surface area contributed by atoms with E-state index in [0.717, 1.165) is 29.0 Å². The molecule has 1 aromatic carbocycles. The van der Waals surface area contributed by atoms with E-state index in [1.807, 2.05) is 31.5 Å². The van der Waals surface area contributed by atoms with Crippen molar-refractivity contribution >= 4 is 23.4 Å². The zero-order valence-corrected chi connectivity index (χ0v) is 11.8. The molecule has 98 valence electrons. The number of hydrogen-bond acceptors (Lipinski definition) is 3. The first kappa shape index (κ1) is 13.3. The average molecular weight is 265 g/mol. The number of carboxylic acid groups (broad SMARTS) is 1. The first-order chi connectivity index (χ1) is 8.54. The monoisotopic (exact) mass is 265 g/mol. The van der Waals surface area contributed by atoms with Crippen molar-refractivity contribution in [3.63, 3.8) is 0 Å². The highest BCUT2D eigenvalue weighted by atomic mass is 32.2. The molecule has 1 fully saturated rings. The van der Waals surface area contributed by atoms with Crippen LogP contribution in [0, 0.1) is 11.8 Å². The zero-order chi connectivity index (χ0) is 13.3. The van der Waals surface area contributed by atoms with Gasteiger partial charge < -0.3 is 10.0 Å². The number of carboxylic acids is 1. The SMILES string of the molecule is CSc1cccc(N(C)CC2CC2C)c1C(=O)O. The Morgan fingerprint density at radius 3 is 2.72 bits per heavy atom. The molecule has 2 rings (SSSR count). The molecule has 2 atom stereocenters. The Balaban J connectivity index is 2.27. The van der Waals surface area contributed by atoms with Crippen molar-refractivity contribution in [2.45, 2.75) is 18.2 Å². The van der Waals surface area contributed by atoms with Crippen LogP contribution in [0.2, 0.25) is 0 Å². The predicted octanol–water partition coefficient (Wildman–Crippen LogP) is 3.20. The number of nitrogens with zero attached hydrogens (tertiary/aromatic N) is 1. The highest BCUT2D eigenvalue weighted by molar-refractivity contribution is 7.98. The smallest absolute Gasteiger partial charge is 0.338 e. The molecule has 0 amide bonds. The number of rotatable bonds is 5. The van der Waals surface area contributed by atoms with Gasteiger partial charge in [-0.25, -0.2) is 4.79 Å². The van der Waals surface area contributed by atoms with Crippen LogP contribution >= 0.6 is 11.8 Å². The van der Waals surface area contributed by atoms with Gasteiger partial charge >= 0.3 is 5.97 Å². The summed E-state index contributed by atoms with van der Waals surface area (Å²) in [5.41, 5.74) is 1.26. The third kappa shape index (κ3) is 2.64. The van der Waals surface area contributed by atoms with Crippen LogP contribution in [0.15, 0.2) is 23.1 Å². The normalized spacial score (nSPS) is 21.7. The third-order valence-electron chi connectivity index (χ3n) is 3.63. The Morgan fingerprint density at radius 2 is 2.22 bits per heavy atom. The van der Waals surface area contributed by atoms with Crippen molar-refractivity contribution in [3.05, 3.63) is 23.8 Å². The number of aromatic carboxylic acids is 1. The van der Waals surface area contributed by atoms with Gasteiger partial charge in [0, 0.05) is 18.5 Å². The van der Waals surface area contributed by atoms with E-state index in [1.165, 1.54) is 18.2 Å². The van der Waals surface area contributed by atoms with Crippen LogP contribution < -0.4 is 4.90 Å². The van der Waals surface area contributed by atoms with Crippen LogP contribution in [0.4, 0.5) is 5.69 Å². The van der Waals surface area contributed by atoms with Crippen molar-refractivity contribution < 1.29 is 9.90 Å². The topological polar surface area (TPSA) is 40.5 Å². The van der Waals surface area contributed by atoms with Gasteiger partial charge in [0.2, 0.25) is 0 Å². The highest BCUT2D eigenvalue weighted by Gasteiger charge is 2.34. The second-order valence-electron chi connectivity index (χ2n) is 5.01. The Hall–Kier alpha value is -1.16. The fraction of sp³-hybridized carbons (Fsp3) is 0.500. The molecule has 4 heteroatoms. The Morgan fingerprint density at radius 1 is 1.56 bits per heavy atom. The van der Waals surface area contributed by atoms with Gasteiger partial charge in [0.25, 0.3) is 0 Å². The molecule has 3 nitrogen and oxygen atoms in total. The van der Waals surface area contributed by atoms with Crippen molar-refractivity contribution in [1.82, 2.24) is 0 Å². The van der Waals surface area contributed by atoms with Crippen molar-refractivity contribution in [2.24, 2.45) is 11.8 Å². The number of thioether (sulfide) groups is 1. The summed E-state index contributed by atoms with van der Waals surface area (Å²) in [5, 5.41) is 9.39. The van der Waals surface area contributed by atoms with Crippen molar-refractivity contribution in [2.75, 3.05) is 24.7 Å². The van der Waals surface area contributed by atoms with Crippen molar-refractivity contribution in [3.8, 4) is 0 Å². The fourth-order valence-corrected chi connectivity index (χ4v) is 2.94. The van der Waals surface area contributed by atoms with Gasteiger partial charge in [-0.3, -0.25) is 0 Å². The summed E-state index contributed by atoms with van der Waals surface area (Å²) in [6.45, 7) is 3.19. The van der Waals surface area contributed by atoms with Gasteiger partial charge in [0.1, 0.15) is 0 Å². The van der Waals surface area contributed by atoms with Crippen LogP contribution in [-0.4, -0.2) is 30.9 Å². The van der Waals surface area contributed by atoms with Gasteiger partial charge in [-0.05, 0) is 36.6 Å². The van der Waals surface area contributed by atoms with Crippen LogP contribution in [-0.2, 0) is 0 Å². The molecule has 0 saturated heterocycles. The minimum atomic E-state index is -0.842. The molecule has 18 heavy (non-hydrogen) atoms. The van der Waals surface area contributed by atoms with Gasteiger partial charge in [0.15, 0.2) is 0 Å². The standard InChI is InChI=1S/C14H19NO2S/c1-9-7-10(9)8-15(2)11-5-4-6-12(18-3)13(11)14(16)17/h4-6,9-10H,7-8H2,1-3H3,(H,16,17). The first-order valence-electron chi connectivity index (χ1n) is 6.16. The minimum absolute atomic E-state index is 0.431. The molecule has 1 aliphatic rings. The highest BCUT2D eigenvalue weighted by Crippen LogP contribution is 2.39. The Bertz CT molecular complexity index is 461. The number of anilines is 1. The summed E-state index contributed by atoms with van der Waals surface area (Å²) >= 11 is 1.48. The van der Waals surface area contributed by atoms with Crippen LogP contribution in [0.5, 0.6) is 0 Å². The quantitative estimate of drug-likeness (QED) is 0.830. The van der Waals surface area contributed by atoms with E-state index in [-0.39, 0.29) is 0 Å². The molecular weight excluding hydrogens is 246 g/mol. The summed E-state index contributed by atoms with van der Waals surface area (Å²) in [5.74, 6) is 0.657. The van der Waals surface area contributed by atoms with E-state index in [4.69, 9.17) is 0 Å². The van der Waals surface area contributed by atoms with Crippen LogP contribution in [0.1, 0.15) is 23.7 Å². The number of carbonyl (C=O) groups is 1. The number of benzene rings is 1. The summed E-state index contributed by atoms with van der Waals surface area (Å²) in [6.07, 6.45) is 3.17. The van der Waals surface area contributed by atoms with E-state index < -0.39 is 5.97 Å². The molecule has 0 radical (unpaired) electrons. The van der Waals surface area contributed by atoms with Gasteiger partial charge in [-0.15, -0.1) is 11.8 Å². The van der Waals surface area contributed by atoms with E-state index in [0.29, 0.717) is 5.56 Å². The molecular formula is C14H19NO2S. The lowest BCUT2D eigenvalue weighted by atomic mass is 10.1. The lowest BCUT2D eigenvalue weighted by Gasteiger charge is -2.22. The van der Waals surface area contributed by atoms with Gasteiger partial charge in [0.05, 0.1) is 11.3 Å². The molecule has 0 spiro atoms. The largest absolute Gasteiger partial charge is 0.478 e. The predicted molar refractivity (Wildman–Crippen MR) is 75.7 cm³/mol. The van der Waals surface area contributed by atoms with E-state index in [2.05, 4.69) is 11.8 Å². The van der Waals surface area contributed by atoms with Gasteiger partial charge in [-0.1, -0.05) is 13.0 Å². The third-order valence-corrected chi connectivity index (χ3v) is 4.41. The van der Waals surface area contributed by atoms with E-state index in [1.54, 1.807) is 0 Å². The molecule has 1 saturated carbocycles. The Kier molecular flexibility index (Phi) is 3.85. The molecule has 0 bridgehead atoms. The molecule has 0 heterocycles. The average Bonchev–Trinajstić information content (AvgIpc) is 3.03. The van der Waals surface area contributed by atoms with Crippen molar-refractivity contribution in [1.29, 1.82) is 0 Å². The molecule has 1 aromatic rings. The lowest BCUT2D eigenvalue weighted by Crippen LogP contribution is -2.23. The maximum Gasteiger partial charge on any atom is 0.338 e.